The normalized spacial score (nSPS) is 21.8. The molecule has 1 N–H and O–H groups in total. The van der Waals surface area contributed by atoms with Gasteiger partial charge in [0.1, 0.15) is 11.5 Å². The molecular weight excluding hydrogens is 260 g/mol. The molecule has 1 aromatic rings. The molecule has 1 heterocycles. The highest BCUT2D eigenvalue weighted by molar-refractivity contribution is 5.49. The molecule has 0 radical (unpaired) electrons. The molecule has 0 saturated heterocycles. The lowest BCUT2D eigenvalue weighted by atomic mass is 9.78. The number of unbranched alkanes of at least 4 members (excludes halogenated alkanes) is 2. The second kappa shape index (κ2) is 6.29. The Morgan fingerprint density at radius 1 is 1.24 bits per heavy atom. The molecule has 118 valence electrons. The molecule has 2 unspecified atom stereocenters. The van der Waals surface area contributed by atoms with Gasteiger partial charge in [0, 0.05) is 11.6 Å². The van der Waals surface area contributed by atoms with E-state index >= 15 is 0 Å². The van der Waals surface area contributed by atoms with E-state index < -0.39 is 0 Å². The highest BCUT2D eigenvalue weighted by Gasteiger charge is 2.29. The van der Waals surface area contributed by atoms with Gasteiger partial charge in [0.2, 0.25) is 0 Å². The van der Waals surface area contributed by atoms with Crippen LogP contribution in [0.4, 0.5) is 0 Å². The van der Waals surface area contributed by atoms with E-state index in [0.29, 0.717) is 11.7 Å². The maximum atomic E-state index is 10.4. The zero-order chi connectivity index (χ0) is 15.6. The fourth-order valence-electron chi connectivity index (χ4n) is 3.21. The molecule has 0 amide bonds. The zero-order valence-corrected chi connectivity index (χ0v) is 14.2. The highest BCUT2D eigenvalue weighted by atomic mass is 16.5. The van der Waals surface area contributed by atoms with Gasteiger partial charge < -0.3 is 9.84 Å². The summed E-state index contributed by atoms with van der Waals surface area (Å²) in [5, 5.41) is 10.4. The first-order valence-electron chi connectivity index (χ1n) is 8.38. The van der Waals surface area contributed by atoms with Crippen LogP contribution < -0.4 is 4.74 Å². The molecule has 0 aromatic heterocycles. The molecule has 2 heteroatoms. The summed E-state index contributed by atoms with van der Waals surface area (Å²) in [5.74, 6) is 1.78. The second-order valence-corrected chi connectivity index (χ2v) is 7.32. The number of ether oxygens (including phenoxy) is 1. The van der Waals surface area contributed by atoms with Crippen LogP contribution in [0.25, 0.3) is 0 Å². The Hall–Kier alpha value is -1.18. The molecule has 0 saturated carbocycles. The Balaban J connectivity index is 2.27. The van der Waals surface area contributed by atoms with E-state index in [2.05, 4.69) is 40.7 Å². The van der Waals surface area contributed by atoms with Crippen molar-refractivity contribution in [1.82, 2.24) is 0 Å². The molecular formula is C19H30O2. The summed E-state index contributed by atoms with van der Waals surface area (Å²) >= 11 is 0. The number of hydrogen-bond acceptors (Lipinski definition) is 2. The van der Waals surface area contributed by atoms with Crippen molar-refractivity contribution in [1.29, 1.82) is 0 Å². The van der Waals surface area contributed by atoms with Crippen LogP contribution in [0.5, 0.6) is 11.5 Å². The molecule has 1 aliphatic heterocycles. The van der Waals surface area contributed by atoms with E-state index in [0.717, 1.165) is 24.2 Å². The third-order valence-corrected chi connectivity index (χ3v) is 4.97. The average Bonchev–Trinajstić information content (AvgIpc) is 2.40. The van der Waals surface area contributed by atoms with Crippen LogP contribution in [0.15, 0.2) is 12.1 Å². The van der Waals surface area contributed by atoms with Gasteiger partial charge in [0.05, 0.1) is 6.10 Å². The van der Waals surface area contributed by atoms with Crippen LogP contribution in [-0.2, 0) is 11.8 Å². The molecule has 2 atom stereocenters. The van der Waals surface area contributed by atoms with Crippen molar-refractivity contribution in [3.8, 4) is 11.5 Å². The van der Waals surface area contributed by atoms with Gasteiger partial charge in [0.15, 0.2) is 0 Å². The second-order valence-electron chi connectivity index (χ2n) is 7.32. The minimum atomic E-state index is 0.0145. The Morgan fingerprint density at radius 2 is 1.95 bits per heavy atom. The Kier molecular flexibility index (Phi) is 4.85. The van der Waals surface area contributed by atoms with E-state index in [4.69, 9.17) is 4.74 Å². The van der Waals surface area contributed by atoms with Gasteiger partial charge in [-0.2, -0.15) is 0 Å². The van der Waals surface area contributed by atoms with Crippen LogP contribution in [0.3, 0.4) is 0 Å². The topological polar surface area (TPSA) is 29.5 Å². The van der Waals surface area contributed by atoms with Gasteiger partial charge in [-0.05, 0) is 42.7 Å². The average molecular weight is 290 g/mol. The van der Waals surface area contributed by atoms with Gasteiger partial charge in [0.25, 0.3) is 0 Å². The molecule has 1 aromatic carbocycles. The first-order chi connectivity index (χ1) is 9.85. The summed E-state index contributed by atoms with van der Waals surface area (Å²) in [5.41, 5.74) is 2.33. The smallest absolute Gasteiger partial charge is 0.126 e. The van der Waals surface area contributed by atoms with Crippen molar-refractivity contribution in [2.45, 2.75) is 78.2 Å². The first kappa shape index (κ1) is 16.2. The number of benzene rings is 1. The van der Waals surface area contributed by atoms with E-state index in [1.807, 2.05) is 6.07 Å². The highest BCUT2D eigenvalue weighted by Crippen LogP contribution is 2.41. The summed E-state index contributed by atoms with van der Waals surface area (Å²) in [7, 11) is 0. The van der Waals surface area contributed by atoms with Crippen LogP contribution >= 0.6 is 0 Å². The summed E-state index contributed by atoms with van der Waals surface area (Å²) in [4.78, 5) is 0. The molecule has 0 bridgehead atoms. The molecule has 2 nitrogen and oxygen atoms in total. The third kappa shape index (κ3) is 3.53. The van der Waals surface area contributed by atoms with Gasteiger partial charge in [-0.3, -0.25) is 0 Å². The van der Waals surface area contributed by atoms with Crippen LogP contribution in [0, 0.1) is 5.92 Å². The van der Waals surface area contributed by atoms with E-state index in [1.165, 1.54) is 24.8 Å². The van der Waals surface area contributed by atoms with Crippen molar-refractivity contribution in [3.63, 3.8) is 0 Å². The summed E-state index contributed by atoms with van der Waals surface area (Å²) in [6.45, 7) is 11.0. The van der Waals surface area contributed by atoms with Gasteiger partial charge in [-0.15, -0.1) is 0 Å². The summed E-state index contributed by atoms with van der Waals surface area (Å²) in [6.07, 6.45) is 6.07. The number of fused-ring (bicyclic) bond motifs is 1. The molecule has 0 spiro atoms. The zero-order valence-electron chi connectivity index (χ0n) is 14.2. The predicted octanol–water partition coefficient (Wildman–Crippen LogP) is 5.21. The van der Waals surface area contributed by atoms with Gasteiger partial charge in [-0.1, -0.05) is 47.0 Å². The molecule has 21 heavy (non-hydrogen) atoms. The van der Waals surface area contributed by atoms with E-state index in [1.54, 1.807) is 0 Å². The molecule has 0 aliphatic carbocycles. The SMILES string of the molecule is CCCCCC(C)(C)c1cc2c(cc1O)OC(C)C(C)C2. The van der Waals surface area contributed by atoms with Crippen LogP contribution in [-0.4, -0.2) is 11.2 Å². The van der Waals surface area contributed by atoms with Crippen molar-refractivity contribution in [3.05, 3.63) is 23.3 Å². The standard InChI is InChI=1S/C19H30O2/c1-6-7-8-9-19(4,5)16-11-15-10-13(2)14(3)21-18(15)12-17(16)20/h11-14,20H,6-10H2,1-5H3. The number of aromatic hydroxyl groups is 1. The summed E-state index contributed by atoms with van der Waals surface area (Å²) < 4.78 is 5.93. The van der Waals surface area contributed by atoms with Crippen molar-refractivity contribution >= 4 is 0 Å². The fraction of sp³-hybridized carbons (Fsp3) is 0.684. The maximum Gasteiger partial charge on any atom is 0.126 e. The summed E-state index contributed by atoms with van der Waals surface area (Å²) in [6, 6.07) is 4.01. The lowest BCUT2D eigenvalue weighted by Gasteiger charge is -2.32. The number of phenols is 1. The Bertz CT molecular complexity index is 491. The minimum Gasteiger partial charge on any atom is -0.508 e. The van der Waals surface area contributed by atoms with Gasteiger partial charge >= 0.3 is 0 Å². The molecule has 1 aliphatic rings. The number of hydrogen-bond donors (Lipinski definition) is 1. The lowest BCUT2D eigenvalue weighted by molar-refractivity contribution is 0.139. The monoisotopic (exact) mass is 290 g/mol. The van der Waals surface area contributed by atoms with Crippen LogP contribution in [0.1, 0.15) is 71.4 Å². The first-order valence-corrected chi connectivity index (χ1v) is 8.38. The van der Waals surface area contributed by atoms with Crippen molar-refractivity contribution in [2.75, 3.05) is 0 Å². The van der Waals surface area contributed by atoms with Crippen LogP contribution in [0.2, 0.25) is 0 Å². The van der Waals surface area contributed by atoms with E-state index in [-0.39, 0.29) is 11.5 Å². The van der Waals surface area contributed by atoms with E-state index in [9.17, 15) is 5.11 Å². The minimum absolute atomic E-state index is 0.0145. The fourth-order valence-corrected chi connectivity index (χ4v) is 3.21. The largest absolute Gasteiger partial charge is 0.508 e. The Labute approximate surface area is 129 Å². The maximum absolute atomic E-state index is 10.4. The quantitative estimate of drug-likeness (QED) is 0.754. The number of phenolic OH excluding ortho intramolecular Hbond substituents is 1. The Morgan fingerprint density at radius 3 is 2.62 bits per heavy atom. The number of rotatable bonds is 5. The predicted molar refractivity (Wildman–Crippen MR) is 88.2 cm³/mol. The molecule has 2 rings (SSSR count). The van der Waals surface area contributed by atoms with Crippen molar-refractivity contribution in [2.24, 2.45) is 5.92 Å². The molecule has 0 fully saturated rings. The lowest BCUT2D eigenvalue weighted by Crippen LogP contribution is -2.28. The van der Waals surface area contributed by atoms with Gasteiger partial charge in [-0.25, -0.2) is 0 Å². The van der Waals surface area contributed by atoms with Crippen molar-refractivity contribution < 1.29 is 9.84 Å². The third-order valence-electron chi connectivity index (χ3n) is 4.97.